The molecule has 132 valence electrons. The first kappa shape index (κ1) is 17.5. The van der Waals surface area contributed by atoms with Crippen molar-refractivity contribution in [1.82, 2.24) is 4.57 Å². The number of hydrogen-bond donors (Lipinski definition) is 0. The van der Waals surface area contributed by atoms with Crippen molar-refractivity contribution in [3.63, 3.8) is 0 Å². The Kier molecular flexibility index (Phi) is 4.80. The Balaban J connectivity index is 1.98. The molecule has 1 aliphatic heterocycles. The van der Waals surface area contributed by atoms with E-state index in [1.807, 2.05) is 62.6 Å². The number of esters is 1. The van der Waals surface area contributed by atoms with Gasteiger partial charge in [-0.05, 0) is 45.2 Å². The first-order valence-electron chi connectivity index (χ1n) is 8.96. The highest BCUT2D eigenvalue weighted by molar-refractivity contribution is 6.09. The average Bonchev–Trinajstić information content (AvgIpc) is 3.12. The maximum absolute atomic E-state index is 13.1. The number of carbonyl (C=O) groups excluding carboxylic acids is 2. The fourth-order valence-electron chi connectivity index (χ4n) is 3.50. The quantitative estimate of drug-likeness (QED) is 0.610. The Morgan fingerprint density at radius 3 is 2.52 bits per heavy atom. The third-order valence-electron chi connectivity index (χ3n) is 4.75. The second kappa shape index (κ2) is 6.87. The van der Waals surface area contributed by atoms with Gasteiger partial charge in [0.1, 0.15) is 0 Å². The molecule has 0 bridgehead atoms. The number of benzene rings is 1. The molecule has 1 aromatic carbocycles. The summed E-state index contributed by atoms with van der Waals surface area (Å²) in [6, 6.07) is 9.67. The molecule has 4 nitrogen and oxygen atoms in total. The molecule has 0 radical (unpaired) electrons. The van der Waals surface area contributed by atoms with Gasteiger partial charge in [0.25, 0.3) is 0 Å². The number of ketones is 1. The van der Waals surface area contributed by atoms with Crippen LogP contribution in [-0.4, -0.2) is 22.4 Å². The molecule has 0 fully saturated rings. The lowest BCUT2D eigenvalue weighted by Gasteiger charge is -2.12. The predicted octanol–water partition coefficient (Wildman–Crippen LogP) is 4.03. The SMILES string of the molecule is CCc1cc2n(c1C(=O)c1ccc(C)cc1)CCC2C(=O)OC(C)C. The number of ether oxygens (including phenoxy) is 1. The Bertz CT molecular complexity index is 799. The second-order valence-electron chi connectivity index (χ2n) is 6.97. The monoisotopic (exact) mass is 339 g/mol. The summed E-state index contributed by atoms with van der Waals surface area (Å²) in [7, 11) is 0. The van der Waals surface area contributed by atoms with E-state index < -0.39 is 0 Å². The largest absolute Gasteiger partial charge is 0.462 e. The third-order valence-corrected chi connectivity index (χ3v) is 4.75. The highest BCUT2D eigenvalue weighted by atomic mass is 16.5. The van der Waals surface area contributed by atoms with Crippen molar-refractivity contribution in [2.75, 3.05) is 0 Å². The van der Waals surface area contributed by atoms with Crippen LogP contribution in [0.3, 0.4) is 0 Å². The van der Waals surface area contributed by atoms with Crippen LogP contribution in [-0.2, 0) is 22.5 Å². The molecule has 0 N–H and O–H groups in total. The smallest absolute Gasteiger partial charge is 0.315 e. The zero-order valence-electron chi connectivity index (χ0n) is 15.3. The van der Waals surface area contributed by atoms with Gasteiger partial charge in [-0.15, -0.1) is 0 Å². The van der Waals surface area contributed by atoms with Crippen LogP contribution in [0, 0.1) is 6.92 Å². The van der Waals surface area contributed by atoms with Gasteiger partial charge in [-0.1, -0.05) is 36.8 Å². The van der Waals surface area contributed by atoms with E-state index in [2.05, 4.69) is 0 Å². The lowest BCUT2D eigenvalue weighted by Crippen LogP contribution is -2.18. The number of rotatable bonds is 5. The summed E-state index contributed by atoms with van der Waals surface area (Å²) in [6.45, 7) is 8.44. The first-order chi connectivity index (χ1) is 11.9. The molecule has 1 unspecified atom stereocenters. The van der Waals surface area contributed by atoms with Crippen molar-refractivity contribution in [3.05, 3.63) is 58.4 Å². The van der Waals surface area contributed by atoms with Gasteiger partial charge in [0.15, 0.2) is 0 Å². The molecule has 1 aliphatic rings. The summed E-state index contributed by atoms with van der Waals surface area (Å²) >= 11 is 0. The number of fused-ring (bicyclic) bond motifs is 1. The molecular weight excluding hydrogens is 314 g/mol. The Labute approximate surface area is 148 Å². The van der Waals surface area contributed by atoms with Gasteiger partial charge < -0.3 is 9.30 Å². The summed E-state index contributed by atoms with van der Waals surface area (Å²) in [4.78, 5) is 25.5. The minimum Gasteiger partial charge on any atom is -0.462 e. The van der Waals surface area contributed by atoms with Gasteiger partial charge in [0.05, 0.1) is 17.7 Å². The fraction of sp³-hybridized carbons (Fsp3) is 0.429. The van der Waals surface area contributed by atoms with Crippen molar-refractivity contribution in [2.24, 2.45) is 0 Å². The molecular formula is C21H25NO3. The van der Waals surface area contributed by atoms with Crippen LogP contribution in [0.1, 0.15) is 66.0 Å². The molecule has 2 heterocycles. The Hall–Kier alpha value is -2.36. The Morgan fingerprint density at radius 2 is 1.92 bits per heavy atom. The standard InChI is InChI=1S/C21H25NO3/c1-5-15-12-18-17(21(24)25-13(2)3)10-11-22(18)19(15)20(23)16-8-6-14(4)7-9-16/h6-9,12-13,17H,5,10-11H2,1-4H3. The van der Waals surface area contributed by atoms with Gasteiger partial charge >= 0.3 is 5.97 Å². The minimum absolute atomic E-state index is 0.0287. The number of carbonyl (C=O) groups is 2. The van der Waals surface area contributed by atoms with Gasteiger partial charge in [-0.25, -0.2) is 0 Å². The molecule has 0 amide bonds. The summed E-state index contributed by atoms with van der Waals surface area (Å²) in [5.41, 5.74) is 4.46. The van der Waals surface area contributed by atoms with Crippen molar-refractivity contribution < 1.29 is 14.3 Å². The van der Waals surface area contributed by atoms with E-state index >= 15 is 0 Å². The van der Waals surface area contributed by atoms with Gasteiger partial charge in [-0.2, -0.15) is 0 Å². The Morgan fingerprint density at radius 1 is 1.24 bits per heavy atom. The molecule has 2 aromatic rings. The summed E-state index contributed by atoms with van der Waals surface area (Å²) in [5.74, 6) is -0.434. The molecule has 4 heteroatoms. The van der Waals surface area contributed by atoms with Crippen LogP contribution in [0.5, 0.6) is 0 Å². The van der Waals surface area contributed by atoms with E-state index in [9.17, 15) is 9.59 Å². The molecule has 1 atom stereocenters. The molecule has 0 aliphatic carbocycles. The van der Waals surface area contributed by atoms with Crippen molar-refractivity contribution in [2.45, 2.75) is 59.1 Å². The van der Waals surface area contributed by atoms with E-state index in [1.54, 1.807) is 0 Å². The van der Waals surface area contributed by atoms with E-state index in [1.165, 1.54) is 0 Å². The van der Waals surface area contributed by atoms with Crippen LogP contribution in [0.25, 0.3) is 0 Å². The zero-order chi connectivity index (χ0) is 18.1. The van der Waals surface area contributed by atoms with Crippen LogP contribution in [0.2, 0.25) is 0 Å². The van der Waals surface area contributed by atoms with Crippen molar-refractivity contribution >= 4 is 11.8 Å². The minimum atomic E-state index is -0.271. The normalized spacial score (nSPS) is 16.1. The molecule has 0 spiro atoms. The number of hydrogen-bond acceptors (Lipinski definition) is 3. The molecule has 3 rings (SSSR count). The second-order valence-corrected chi connectivity index (χ2v) is 6.97. The number of nitrogens with zero attached hydrogens (tertiary/aromatic N) is 1. The summed E-state index contributed by atoms with van der Waals surface area (Å²) in [6.07, 6.45) is 1.33. The van der Waals surface area contributed by atoms with Gasteiger partial charge in [-0.3, -0.25) is 9.59 Å². The van der Waals surface area contributed by atoms with Crippen LogP contribution < -0.4 is 0 Å². The van der Waals surface area contributed by atoms with E-state index in [0.29, 0.717) is 18.5 Å². The summed E-state index contributed by atoms with van der Waals surface area (Å²) < 4.78 is 7.42. The summed E-state index contributed by atoms with van der Waals surface area (Å²) in [5, 5.41) is 0. The molecule has 0 saturated heterocycles. The van der Waals surface area contributed by atoms with Gasteiger partial charge in [0, 0.05) is 17.8 Å². The lowest BCUT2D eigenvalue weighted by molar-refractivity contribution is -0.149. The fourth-order valence-corrected chi connectivity index (χ4v) is 3.50. The van der Waals surface area contributed by atoms with Crippen LogP contribution >= 0.6 is 0 Å². The first-order valence-corrected chi connectivity index (χ1v) is 8.96. The highest BCUT2D eigenvalue weighted by Crippen LogP contribution is 2.35. The topological polar surface area (TPSA) is 48.3 Å². The maximum Gasteiger partial charge on any atom is 0.315 e. The predicted molar refractivity (Wildman–Crippen MR) is 97.0 cm³/mol. The number of aromatic nitrogens is 1. The average molecular weight is 339 g/mol. The van der Waals surface area contributed by atoms with Crippen molar-refractivity contribution in [1.29, 1.82) is 0 Å². The maximum atomic E-state index is 13.1. The van der Waals surface area contributed by atoms with Gasteiger partial charge in [0.2, 0.25) is 5.78 Å². The molecule has 0 saturated carbocycles. The van der Waals surface area contributed by atoms with Crippen LogP contribution in [0.4, 0.5) is 0 Å². The molecule has 25 heavy (non-hydrogen) atoms. The van der Waals surface area contributed by atoms with E-state index in [0.717, 1.165) is 28.9 Å². The van der Waals surface area contributed by atoms with Crippen molar-refractivity contribution in [3.8, 4) is 0 Å². The molecule has 1 aromatic heterocycles. The lowest BCUT2D eigenvalue weighted by atomic mass is 10.0. The number of aryl methyl sites for hydroxylation is 2. The van der Waals surface area contributed by atoms with E-state index in [4.69, 9.17) is 4.74 Å². The van der Waals surface area contributed by atoms with Crippen LogP contribution in [0.15, 0.2) is 30.3 Å². The van der Waals surface area contributed by atoms with E-state index in [-0.39, 0.29) is 23.8 Å². The zero-order valence-corrected chi connectivity index (χ0v) is 15.3. The highest BCUT2D eigenvalue weighted by Gasteiger charge is 2.35. The third kappa shape index (κ3) is 3.26.